The standard InChI is InChI=1S/C24H32N2O2/c1-6-19(4)25-24(28)20(5)26(16-22-14-10-8-12-18(22)3)23(27)15-21-13-9-7-11-17(21)2/h7-14,19-20H,6,15-16H2,1-5H3,(H,25,28)/t19-,20+/m0/s1. The number of nitrogens with zero attached hydrogens (tertiary/aromatic N) is 1. The summed E-state index contributed by atoms with van der Waals surface area (Å²) in [5, 5.41) is 3.01. The first-order valence-electron chi connectivity index (χ1n) is 10.0. The van der Waals surface area contributed by atoms with Gasteiger partial charge in [0.1, 0.15) is 6.04 Å². The van der Waals surface area contributed by atoms with Crippen molar-refractivity contribution in [1.29, 1.82) is 0 Å². The molecule has 0 heterocycles. The number of hydrogen-bond donors (Lipinski definition) is 1. The third kappa shape index (κ3) is 5.69. The highest BCUT2D eigenvalue weighted by atomic mass is 16.2. The first kappa shape index (κ1) is 21.7. The number of nitrogens with one attached hydrogen (secondary N) is 1. The number of carbonyl (C=O) groups excluding carboxylic acids is 2. The molecule has 150 valence electrons. The lowest BCUT2D eigenvalue weighted by atomic mass is 10.0. The molecule has 2 aromatic rings. The monoisotopic (exact) mass is 380 g/mol. The largest absolute Gasteiger partial charge is 0.352 e. The Balaban J connectivity index is 2.26. The number of rotatable bonds is 8. The molecule has 1 N–H and O–H groups in total. The van der Waals surface area contributed by atoms with Gasteiger partial charge < -0.3 is 10.2 Å². The van der Waals surface area contributed by atoms with Crippen molar-refractivity contribution >= 4 is 11.8 Å². The van der Waals surface area contributed by atoms with E-state index in [1.807, 2.05) is 83.1 Å². The second kappa shape index (κ2) is 10.1. The van der Waals surface area contributed by atoms with Crippen LogP contribution in [0.2, 0.25) is 0 Å². The molecule has 0 unspecified atom stereocenters. The fourth-order valence-corrected chi connectivity index (χ4v) is 3.09. The molecular formula is C24H32N2O2. The minimum Gasteiger partial charge on any atom is -0.352 e. The van der Waals surface area contributed by atoms with Gasteiger partial charge in [-0.3, -0.25) is 9.59 Å². The van der Waals surface area contributed by atoms with Gasteiger partial charge >= 0.3 is 0 Å². The molecule has 4 heteroatoms. The van der Waals surface area contributed by atoms with Gasteiger partial charge in [0.25, 0.3) is 0 Å². The molecule has 2 rings (SSSR count). The van der Waals surface area contributed by atoms with Crippen LogP contribution in [0, 0.1) is 13.8 Å². The third-order valence-electron chi connectivity index (χ3n) is 5.37. The summed E-state index contributed by atoms with van der Waals surface area (Å²) in [5.74, 6) is -0.148. The zero-order chi connectivity index (χ0) is 20.7. The maximum absolute atomic E-state index is 13.2. The van der Waals surface area contributed by atoms with Crippen molar-refractivity contribution in [3.05, 3.63) is 70.8 Å². The van der Waals surface area contributed by atoms with Crippen LogP contribution in [-0.4, -0.2) is 28.8 Å². The summed E-state index contributed by atoms with van der Waals surface area (Å²) in [6, 6.07) is 15.4. The van der Waals surface area contributed by atoms with Gasteiger partial charge in [-0.25, -0.2) is 0 Å². The molecule has 0 aliphatic heterocycles. The summed E-state index contributed by atoms with van der Waals surface area (Å²) in [6.07, 6.45) is 1.15. The number of amides is 2. The summed E-state index contributed by atoms with van der Waals surface area (Å²) in [5.41, 5.74) is 4.26. The van der Waals surface area contributed by atoms with Gasteiger partial charge in [-0.2, -0.15) is 0 Å². The summed E-state index contributed by atoms with van der Waals surface area (Å²) in [6.45, 7) is 10.3. The molecule has 28 heavy (non-hydrogen) atoms. The van der Waals surface area contributed by atoms with E-state index in [0.717, 1.165) is 28.7 Å². The van der Waals surface area contributed by atoms with E-state index in [1.54, 1.807) is 4.90 Å². The van der Waals surface area contributed by atoms with Gasteiger partial charge in [0.05, 0.1) is 6.42 Å². The van der Waals surface area contributed by atoms with Crippen molar-refractivity contribution in [2.75, 3.05) is 0 Å². The highest BCUT2D eigenvalue weighted by Crippen LogP contribution is 2.16. The highest BCUT2D eigenvalue weighted by molar-refractivity contribution is 5.88. The van der Waals surface area contributed by atoms with E-state index in [1.165, 1.54) is 0 Å². The summed E-state index contributed by atoms with van der Waals surface area (Å²) >= 11 is 0. The maximum atomic E-state index is 13.2. The number of benzene rings is 2. The lowest BCUT2D eigenvalue weighted by molar-refractivity contribution is -0.140. The van der Waals surface area contributed by atoms with Crippen LogP contribution in [0.25, 0.3) is 0 Å². The lowest BCUT2D eigenvalue weighted by Crippen LogP contribution is -2.50. The predicted molar refractivity (Wildman–Crippen MR) is 114 cm³/mol. The van der Waals surface area contributed by atoms with Gasteiger partial charge in [0.2, 0.25) is 11.8 Å². The molecule has 0 aliphatic carbocycles. The smallest absolute Gasteiger partial charge is 0.242 e. The van der Waals surface area contributed by atoms with Crippen molar-refractivity contribution in [3.63, 3.8) is 0 Å². The highest BCUT2D eigenvalue weighted by Gasteiger charge is 2.27. The van der Waals surface area contributed by atoms with Gasteiger partial charge in [0, 0.05) is 12.6 Å². The van der Waals surface area contributed by atoms with Crippen LogP contribution in [0.5, 0.6) is 0 Å². The molecule has 0 spiro atoms. The second-order valence-electron chi connectivity index (χ2n) is 7.55. The zero-order valence-electron chi connectivity index (χ0n) is 17.7. The summed E-state index contributed by atoms with van der Waals surface area (Å²) in [4.78, 5) is 27.7. The molecule has 2 atom stereocenters. The molecule has 0 saturated carbocycles. The fourth-order valence-electron chi connectivity index (χ4n) is 3.09. The molecule has 0 radical (unpaired) electrons. The van der Waals surface area contributed by atoms with Crippen LogP contribution in [-0.2, 0) is 22.6 Å². The normalized spacial score (nSPS) is 12.9. The Kier molecular flexibility index (Phi) is 7.80. The fraction of sp³-hybridized carbons (Fsp3) is 0.417. The quantitative estimate of drug-likeness (QED) is 0.747. The Morgan fingerprint density at radius 1 is 0.929 bits per heavy atom. The molecule has 2 aromatic carbocycles. The Bertz CT molecular complexity index is 816. The summed E-state index contributed by atoms with van der Waals surface area (Å²) < 4.78 is 0. The van der Waals surface area contributed by atoms with Crippen molar-refractivity contribution in [2.45, 2.75) is 66.1 Å². The van der Waals surface area contributed by atoms with E-state index >= 15 is 0 Å². The molecular weight excluding hydrogens is 348 g/mol. The Labute approximate surface area is 169 Å². The molecule has 4 nitrogen and oxygen atoms in total. The topological polar surface area (TPSA) is 49.4 Å². The molecule has 2 amide bonds. The molecule has 0 fully saturated rings. The van der Waals surface area contributed by atoms with Crippen LogP contribution in [0.3, 0.4) is 0 Å². The lowest BCUT2D eigenvalue weighted by Gasteiger charge is -2.30. The van der Waals surface area contributed by atoms with Gasteiger partial charge in [0.15, 0.2) is 0 Å². The van der Waals surface area contributed by atoms with Crippen molar-refractivity contribution in [1.82, 2.24) is 10.2 Å². The molecule has 0 saturated heterocycles. The zero-order valence-corrected chi connectivity index (χ0v) is 17.7. The maximum Gasteiger partial charge on any atom is 0.242 e. The number of hydrogen-bond acceptors (Lipinski definition) is 2. The minimum atomic E-state index is -0.537. The van der Waals surface area contributed by atoms with Gasteiger partial charge in [-0.15, -0.1) is 0 Å². The Hall–Kier alpha value is -2.62. The number of aryl methyl sites for hydroxylation is 2. The second-order valence-corrected chi connectivity index (χ2v) is 7.55. The Morgan fingerprint density at radius 2 is 1.46 bits per heavy atom. The van der Waals surface area contributed by atoms with Gasteiger partial charge in [-0.05, 0) is 56.4 Å². The van der Waals surface area contributed by atoms with Crippen molar-refractivity contribution < 1.29 is 9.59 Å². The predicted octanol–water partition coefficient (Wildman–Crippen LogP) is 4.18. The van der Waals surface area contributed by atoms with Crippen LogP contribution in [0.15, 0.2) is 48.5 Å². The van der Waals surface area contributed by atoms with Gasteiger partial charge in [-0.1, -0.05) is 55.5 Å². The molecule has 0 aromatic heterocycles. The molecule has 0 bridgehead atoms. The molecule has 0 aliphatic rings. The number of carbonyl (C=O) groups is 2. The van der Waals surface area contributed by atoms with Crippen LogP contribution >= 0.6 is 0 Å². The van der Waals surface area contributed by atoms with E-state index in [0.29, 0.717) is 13.0 Å². The summed E-state index contributed by atoms with van der Waals surface area (Å²) in [7, 11) is 0. The van der Waals surface area contributed by atoms with Crippen molar-refractivity contribution in [3.8, 4) is 0 Å². The average molecular weight is 381 g/mol. The van der Waals surface area contributed by atoms with Crippen molar-refractivity contribution in [2.24, 2.45) is 0 Å². The van der Waals surface area contributed by atoms with E-state index < -0.39 is 6.04 Å². The third-order valence-corrected chi connectivity index (χ3v) is 5.37. The van der Waals surface area contributed by atoms with E-state index in [4.69, 9.17) is 0 Å². The van der Waals surface area contributed by atoms with Crippen LogP contribution in [0.1, 0.15) is 49.4 Å². The first-order chi connectivity index (χ1) is 13.3. The van der Waals surface area contributed by atoms with Crippen LogP contribution < -0.4 is 5.32 Å². The van der Waals surface area contributed by atoms with E-state index in [-0.39, 0.29) is 17.9 Å². The van der Waals surface area contributed by atoms with E-state index in [9.17, 15) is 9.59 Å². The average Bonchev–Trinajstić information content (AvgIpc) is 2.68. The minimum absolute atomic E-state index is 0.0376. The first-order valence-corrected chi connectivity index (χ1v) is 10.0. The SMILES string of the molecule is CC[C@H](C)NC(=O)[C@@H](C)N(Cc1ccccc1C)C(=O)Cc1ccccc1C. The van der Waals surface area contributed by atoms with E-state index in [2.05, 4.69) is 5.32 Å². The van der Waals surface area contributed by atoms with Crippen LogP contribution in [0.4, 0.5) is 0 Å². The Morgan fingerprint density at radius 3 is 2.00 bits per heavy atom.